The van der Waals surface area contributed by atoms with Gasteiger partial charge >= 0.3 is 12.1 Å². The van der Waals surface area contributed by atoms with E-state index >= 15 is 0 Å². The average molecular weight is 505 g/mol. The van der Waals surface area contributed by atoms with Crippen LogP contribution < -0.4 is 5.32 Å². The van der Waals surface area contributed by atoms with E-state index in [-0.39, 0.29) is 36.7 Å². The van der Waals surface area contributed by atoms with Crippen LogP contribution in [0.3, 0.4) is 0 Å². The predicted molar refractivity (Wildman–Crippen MR) is 95.5 cm³/mol. The van der Waals surface area contributed by atoms with Crippen LogP contribution in [0.1, 0.15) is 5.56 Å². The van der Waals surface area contributed by atoms with Crippen LogP contribution >= 0.6 is 34.2 Å². The minimum atomic E-state index is -4.68. The topological polar surface area (TPSA) is 78.9 Å². The number of amides is 1. The number of β-amino-alcohol motifs (C(OH)–C–C–N with tert-alkyl or cyclic N) is 1. The van der Waals surface area contributed by atoms with Gasteiger partial charge in [0.15, 0.2) is 0 Å². The summed E-state index contributed by atoms with van der Waals surface area (Å²) in [6.45, 7) is -0.481. The molecule has 142 valence electrons. The smallest absolute Gasteiger partial charge is 0.417 e. The van der Waals surface area contributed by atoms with E-state index in [1.807, 2.05) is 0 Å². The van der Waals surface area contributed by atoms with Crippen molar-refractivity contribution < 1.29 is 32.6 Å². The number of rotatable bonds is 5. The predicted octanol–water partition coefficient (Wildman–Crippen LogP) is 2.64. The van der Waals surface area contributed by atoms with Gasteiger partial charge in [-0.05, 0) is 34.7 Å². The number of methoxy groups -OCH3 is 1. The molecule has 0 saturated heterocycles. The van der Waals surface area contributed by atoms with Crippen molar-refractivity contribution in [2.45, 2.75) is 6.18 Å². The molecule has 0 spiro atoms. The first-order valence-corrected chi connectivity index (χ1v) is 8.60. The second-order valence-electron chi connectivity index (χ2n) is 5.23. The summed E-state index contributed by atoms with van der Waals surface area (Å²) in [4.78, 5) is 25.5. The van der Waals surface area contributed by atoms with Gasteiger partial charge in [0.25, 0.3) is 5.91 Å². The Morgan fingerprint density at radius 2 is 2.12 bits per heavy atom. The first-order chi connectivity index (χ1) is 12.1. The van der Waals surface area contributed by atoms with Gasteiger partial charge < -0.3 is 20.1 Å². The number of ether oxygens (including phenoxy) is 1. The molecule has 1 amide bonds. The van der Waals surface area contributed by atoms with Crippen molar-refractivity contribution in [2.75, 3.05) is 32.1 Å². The van der Waals surface area contributed by atoms with Gasteiger partial charge in [0, 0.05) is 10.1 Å². The SMILES string of the molecule is COC(=O)C1=C(Nc2cc(C(F)(F)F)c(Cl)cc2I)C(=O)N(CCO)C1. The number of hydrogen-bond acceptors (Lipinski definition) is 5. The molecule has 2 rings (SSSR count). The number of alkyl halides is 3. The Labute approximate surface area is 165 Å². The van der Waals surface area contributed by atoms with Crippen molar-refractivity contribution in [3.63, 3.8) is 0 Å². The molecule has 1 aliphatic rings. The highest BCUT2D eigenvalue weighted by Gasteiger charge is 2.37. The third-order valence-electron chi connectivity index (χ3n) is 3.58. The molecule has 0 fully saturated rings. The van der Waals surface area contributed by atoms with E-state index in [1.54, 1.807) is 22.6 Å². The molecule has 0 atom stereocenters. The summed E-state index contributed by atoms with van der Waals surface area (Å²) in [6, 6.07) is 1.88. The molecule has 0 saturated carbocycles. The lowest BCUT2D eigenvalue weighted by Gasteiger charge is -2.16. The standard InChI is InChI=1S/C15H13ClF3IN2O4/c1-26-14(25)7-6-22(2-3-23)13(24)12(7)21-11-4-8(15(17,18)19)9(16)5-10(11)20/h4-5,21,23H,2-3,6H2,1H3. The van der Waals surface area contributed by atoms with Crippen LogP contribution in [0.15, 0.2) is 23.4 Å². The summed E-state index contributed by atoms with van der Waals surface area (Å²) in [7, 11) is 1.12. The van der Waals surface area contributed by atoms with E-state index in [0.717, 1.165) is 19.2 Å². The minimum absolute atomic E-state index is 0.0297. The van der Waals surface area contributed by atoms with Crippen molar-refractivity contribution in [1.29, 1.82) is 0 Å². The van der Waals surface area contributed by atoms with Gasteiger partial charge in [-0.25, -0.2) is 4.79 Å². The van der Waals surface area contributed by atoms with E-state index in [0.29, 0.717) is 3.57 Å². The molecule has 0 unspecified atom stereocenters. The second kappa shape index (κ2) is 8.01. The van der Waals surface area contributed by atoms with Crippen LogP contribution in [-0.2, 0) is 20.5 Å². The maximum Gasteiger partial charge on any atom is 0.417 e. The first kappa shape index (κ1) is 20.8. The number of aliphatic hydroxyl groups excluding tert-OH is 1. The highest BCUT2D eigenvalue weighted by atomic mass is 127. The maximum absolute atomic E-state index is 13.1. The van der Waals surface area contributed by atoms with Crippen molar-refractivity contribution in [3.8, 4) is 0 Å². The molecule has 0 aromatic heterocycles. The molecular formula is C15H13ClF3IN2O4. The van der Waals surface area contributed by atoms with Crippen LogP contribution in [0.4, 0.5) is 18.9 Å². The lowest BCUT2D eigenvalue weighted by atomic mass is 10.1. The number of hydrogen-bond donors (Lipinski definition) is 2. The lowest BCUT2D eigenvalue weighted by Crippen LogP contribution is -2.31. The molecule has 1 heterocycles. The molecule has 2 N–H and O–H groups in total. The quantitative estimate of drug-likeness (QED) is 0.476. The van der Waals surface area contributed by atoms with Gasteiger partial charge in [-0.3, -0.25) is 4.79 Å². The number of halogens is 5. The Morgan fingerprint density at radius 3 is 2.65 bits per heavy atom. The number of nitrogens with one attached hydrogen (secondary N) is 1. The second-order valence-corrected chi connectivity index (χ2v) is 6.80. The summed E-state index contributed by atoms with van der Waals surface area (Å²) in [5.74, 6) is -1.42. The van der Waals surface area contributed by atoms with Gasteiger partial charge in [0.05, 0.1) is 42.1 Å². The number of nitrogens with zero attached hydrogens (tertiary/aromatic N) is 1. The van der Waals surface area contributed by atoms with Crippen LogP contribution in [0, 0.1) is 3.57 Å². The molecular weight excluding hydrogens is 492 g/mol. The molecule has 11 heteroatoms. The van der Waals surface area contributed by atoms with E-state index in [2.05, 4.69) is 10.1 Å². The summed E-state index contributed by atoms with van der Waals surface area (Å²) >= 11 is 7.42. The summed E-state index contributed by atoms with van der Waals surface area (Å²) in [6.07, 6.45) is -4.68. The summed E-state index contributed by atoms with van der Waals surface area (Å²) < 4.78 is 44.2. The van der Waals surface area contributed by atoms with Crippen LogP contribution in [0.2, 0.25) is 5.02 Å². The van der Waals surface area contributed by atoms with Gasteiger partial charge in [-0.15, -0.1) is 0 Å². The monoisotopic (exact) mass is 504 g/mol. The van der Waals surface area contributed by atoms with Crippen LogP contribution in [0.5, 0.6) is 0 Å². The molecule has 1 aromatic rings. The zero-order valence-electron chi connectivity index (χ0n) is 13.3. The van der Waals surface area contributed by atoms with Crippen molar-refractivity contribution in [3.05, 3.63) is 37.6 Å². The van der Waals surface area contributed by atoms with E-state index < -0.39 is 28.6 Å². The fraction of sp³-hybridized carbons (Fsp3) is 0.333. The highest BCUT2D eigenvalue weighted by Crippen LogP contribution is 2.39. The molecule has 0 radical (unpaired) electrons. The van der Waals surface area contributed by atoms with Crippen molar-refractivity contribution in [1.82, 2.24) is 4.90 Å². The Balaban J connectivity index is 2.47. The fourth-order valence-electron chi connectivity index (χ4n) is 2.35. The number of carbonyl (C=O) groups is 2. The van der Waals surface area contributed by atoms with Gasteiger partial charge in [0.1, 0.15) is 5.70 Å². The Kier molecular flexibility index (Phi) is 6.40. The average Bonchev–Trinajstić information content (AvgIpc) is 2.85. The Hall–Kier alpha value is -1.53. The third kappa shape index (κ3) is 4.23. The van der Waals surface area contributed by atoms with Gasteiger partial charge in [0.2, 0.25) is 0 Å². The van der Waals surface area contributed by atoms with E-state index in [4.69, 9.17) is 16.7 Å². The molecule has 0 bridgehead atoms. The molecule has 1 aliphatic heterocycles. The maximum atomic E-state index is 13.1. The summed E-state index contributed by atoms with van der Waals surface area (Å²) in [5, 5.41) is 11.1. The van der Waals surface area contributed by atoms with Crippen LogP contribution in [-0.4, -0.2) is 48.7 Å². The molecule has 1 aromatic carbocycles. The van der Waals surface area contributed by atoms with Crippen molar-refractivity contribution >= 4 is 51.8 Å². The number of benzene rings is 1. The summed E-state index contributed by atoms with van der Waals surface area (Å²) in [5.41, 5.74) is -1.33. The third-order valence-corrected chi connectivity index (χ3v) is 4.78. The fourth-order valence-corrected chi connectivity index (χ4v) is 3.40. The Bertz CT molecular complexity index is 783. The number of esters is 1. The highest BCUT2D eigenvalue weighted by molar-refractivity contribution is 14.1. The van der Waals surface area contributed by atoms with Gasteiger partial charge in [-0.2, -0.15) is 13.2 Å². The van der Waals surface area contributed by atoms with Gasteiger partial charge in [-0.1, -0.05) is 11.6 Å². The van der Waals surface area contributed by atoms with Crippen LogP contribution in [0.25, 0.3) is 0 Å². The largest absolute Gasteiger partial charge is 0.466 e. The van der Waals surface area contributed by atoms with E-state index in [9.17, 15) is 22.8 Å². The molecule has 26 heavy (non-hydrogen) atoms. The molecule has 0 aliphatic carbocycles. The zero-order chi connectivity index (χ0) is 19.6. The minimum Gasteiger partial charge on any atom is -0.466 e. The number of anilines is 1. The number of aliphatic hydroxyl groups is 1. The zero-order valence-corrected chi connectivity index (χ0v) is 16.2. The Morgan fingerprint density at radius 1 is 1.46 bits per heavy atom. The van der Waals surface area contributed by atoms with E-state index in [1.165, 1.54) is 4.90 Å². The first-order valence-electron chi connectivity index (χ1n) is 7.15. The lowest BCUT2D eigenvalue weighted by molar-refractivity contribution is -0.137. The normalized spacial score (nSPS) is 14.9. The number of carbonyl (C=O) groups excluding carboxylic acids is 2. The molecule has 6 nitrogen and oxygen atoms in total. The van der Waals surface area contributed by atoms with Crippen molar-refractivity contribution in [2.24, 2.45) is 0 Å².